The minimum absolute atomic E-state index is 0.0614. The van der Waals surface area contributed by atoms with Crippen molar-refractivity contribution in [1.82, 2.24) is 14.5 Å². The Labute approximate surface area is 155 Å². The van der Waals surface area contributed by atoms with Crippen molar-refractivity contribution in [3.8, 4) is 0 Å². The fourth-order valence-corrected chi connectivity index (χ4v) is 3.39. The molecule has 0 aliphatic carbocycles. The van der Waals surface area contributed by atoms with E-state index in [1.54, 1.807) is 29.2 Å². The molecule has 142 valence electrons. The molecule has 1 aliphatic rings. The number of carboxylic acid groups (broad SMARTS) is 1. The first-order valence-corrected chi connectivity index (χ1v) is 8.75. The molecule has 1 aliphatic heterocycles. The van der Waals surface area contributed by atoms with Crippen LogP contribution in [0.2, 0.25) is 0 Å². The number of benzene rings is 1. The summed E-state index contributed by atoms with van der Waals surface area (Å²) in [7, 11) is 1.37. The number of aromatic amines is 1. The second-order valence-corrected chi connectivity index (χ2v) is 6.77. The van der Waals surface area contributed by atoms with Gasteiger partial charge < -0.3 is 15.0 Å². The highest BCUT2D eigenvalue weighted by atomic mass is 16.4. The van der Waals surface area contributed by atoms with Crippen molar-refractivity contribution in [2.75, 3.05) is 13.1 Å². The van der Waals surface area contributed by atoms with Crippen LogP contribution in [0.5, 0.6) is 0 Å². The molecule has 1 aromatic carbocycles. The van der Waals surface area contributed by atoms with Crippen LogP contribution >= 0.6 is 0 Å². The number of amides is 1. The molecular weight excluding hydrogens is 350 g/mol. The molecule has 0 saturated carbocycles. The molecule has 2 heterocycles. The van der Waals surface area contributed by atoms with Crippen molar-refractivity contribution < 1.29 is 14.7 Å². The van der Waals surface area contributed by atoms with Gasteiger partial charge in [0.05, 0.1) is 12.0 Å². The fraction of sp³-hybridized carbons (Fsp3) is 0.368. The molecule has 0 bridgehead atoms. The number of carboxylic acids is 1. The number of carbonyl (C=O) groups excluding carboxylic acids is 1. The van der Waals surface area contributed by atoms with E-state index in [2.05, 4.69) is 4.98 Å². The topological polar surface area (TPSA) is 112 Å². The quantitative estimate of drug-likeness (QED) is 0.822. The van der Waals surface area contributed by atoms with E-state index in [0.717, 1.165) is 23.0 Å². The first-order valence-electron chi connectivity index (χ1n) is 8.75. The van der Waals surface area contributed by atoms with Crippen molar-refractivity contribution >= 4 is 11.9 Å². The number of nitrogens with zero attached hydrogens (tertiary/aromatic N) is 2. The highest BCUT2D eigenvalue weighted by Crippen LogP contribution is 2.27. The number of piperidine rings is 1. The van der Waals surface area contributed by atoms with Crippen LogP contribution in [0.1, 0.15) is 40.2 Å². The molecule has 2 N–H and O–H groups in total. The Morgan fingerprint density at radius 1 is 1.22 bits per heavy atom. The lowest BCUT2D eigenvalue weighted by Gasteiger charge is -2.33. The highest BCUT2D eigenvalue weighted by Gasteiger charge is 2.25. The summed E-state index contributed by atoms with van der Waals surface area (Å²) >= 11 is 0. The summed E-state index contributed by atoms with van der Waals surface area (Å²) < 4.78 is 0.950. The lowest BCUT2D eigenvalue weighted by molar-refractivity contribution is -0.131. The van der Waals surface area contributed by atoms with Gasteiger partial charge in [-0.1, -0.05) is 12.1 Å². The summed E-state index contributed by atoms with van der Waals surface area (Å²) in [5.41, 5.74) is 0.507. The van der Waals surface area contributed by atoms with Crippen LogP contribution in [0.25, 0.3) is 0 Å². The number of H-pyrrole nitrogens is 1. The maximum absolute atomic E-state index is 12.6. The molecule has 8 nitrogen and oxygen atoms in total. The zero-order chi connectivity index (χ0) is 19.6. The number of aromatic nitrogens is 2. The van der Waals surface area contributed by atoms with Crippen molar-refractivity contribution in [1.29, 1.82) is 0 Å². The van der Waals surface area contributed by atoms with Gasteiger partial charge in [0.15, 0.2) is 0 Å². The standard InChI is InChI=1S/C19H21N3O5/c1-21-17(24)15(10-20-19(21)27)9-16(23)22-8-2-3-14(11-22)12-4-6-13(7-5-12)18(25)26/h4-7,10,14H,2-3,8-9,11H2,1H3,(H,20,27)(H,25,26). The molecule has 1 atom stereocenters. The largest absolute Gasteiger partial charge is 0.478 e. The molecule has 27 heavy (non-hydrogen) atoms. The summed E-state index contributed by atoms with van der Waals surface area (Å²) in [4.78, 5) is 51.3. The third kappa shape index (κ3) is 3.99. The van der Waals surface area contributed by atoms with Crippen molar-refractivity contribution in [3.63, 3.8) is 0 Å². The monoisotopic (exact) mass is 371 g/mol. The average Bonchev–Trinajstić information content (AvgIpc) is 2.68. The predicted octanol–water partition coefficient (Wildman–Crippen LogP) is 0.720. The van der Waals surface area contributed by atoms with Gasteiger partial charge in [-0.25, -0.2) is 9.59 Å². The molecule has 1 fully saturated rings. The Hall–Kier alpha value is -3.16. The number of hydrogen-bond donors (Lipinski definition) is 2. The van der Waals surface area contributed by atoms with Crippen LogP contribution in [0.4, 0.5) is 0 Å². The zero-order valence-corrected chi connectivity index (χ0v) is 15.0. The summed E-state index contributed by atoms with van der Waals surface area (Å²) in [6, 6.07) is 6.73. The van der Waals surface area contributed by atoms with Crippen molar-refractivity contribution in [2.45, 2.75) is 25.2 Å². The Morgan fingerprint density at radius 2 is 1.93 bits per heavy atom. The lowest BCUT2D eigenvalue weighted by atomic mass is 9.90. The first-order chi connectivity index (χ1) is 12.9. The summed E-state index contributed by atoms with van der Waals surface area (Å²) in [5, 5.41) is 9.00. The van der Waals surface area contributed by atoms with Gasteiger partial charge >= 0.3 is 11.7 Å². The molecule has 1 unspecified atom stereocenters. The van der Waals surface area contributed by atoms with E-state index in [4.69, 9.17) is 5.11 Å². The summed E-state index contributed by atoms with van der Waals surface area (Å²) in [6.45, 7) is 1.14. The van der Waals surface area contributed by atoms with Gasteiger partial charge in [-0.2, -0.15) is 0 Å². The molecule has 0 radical (unpaired) electrons. The molecule has 1 saturated heterocycles. The van der Waals surface area contributed by atoms with Crippen LogP contribution in [-0.4, -0.2) is 44.5 Å². The van der Waals surface area contributed by atoms with Crippen LogP contribution in [-0.2, 0) is 18.3 Å². The van der Waals surface area contributed by atoms with E-state index in [1.807, 2.05) is 0 Å². The maximum Gasteiger partial charge on any atom is 0.335 e. The van der Waals surface area contributed by atoms with E-state index in [-0.39, 0.29) is 29.4 Å². The molecule has 3 rings (SSSR count). The van der Waals surface area contributed by atoms with E-state index in [0.29, 0.717) is 13.1 Å². The van der Waals surface area contributed by atoms with Crippen LogP contribution < -0.4 is 11.2 Å². The van der Waals surface area contributed by atoms with Crippen LogP contribution in [0.3, 0.4) is 0 Å². The van der Waals surface area contributed by atoms with Crippen LogP contribution in [0.15, 0.2) is 40.1 Å². The average molecular weight is 371 g/mol. The summed E-state index contributed by atoms with van der Waals surface area (Å²) in [6.07, 6.45) is 2.99. The third-order valence-electron chi connectivity index (χ3n) is 5.00. The number of carbonyl (C=O) groups is 2. The van der Waals surface area contributed by atoms with Gasteiger partial charge in [0, 0.05) is 37.8 Å². The molecule has 1 aromatic heterocycles. The second-order valence-electron chi connectivity index (χ2n) is 6.77. The Morgan fingerprint density at radius 3 is 2.59 bits per heavy atom. The Bertz CT molecular complexity index is 974. The van der Waals surface area contributed by atoms with E-state index in [9.17, 15) is 19.2 Å². The Balaban J connectivity index is 1.71. The summed E-state index contributed by atoms with van der Waals surface area (Å²) in [5.74, 6) is -1.00. The molecule has 0 spiro atoms. The third-order valence-corrected chi connectivity index (χ3v) is 5.00. The molecule has 1 amide bonds. The molecule has 8 heteroatoms. The fourth-order valence-electron chi connectivity index (χ4n) is 3.39. The zero-order valence-electron chi connectivity index (χ0n) is 15.0. The van der Waals surface area contributed by atoms with Crippen molar-refractivity contribution in [3.05, 3.63) is 68.0 Å². The first kappa shape index (κ1) is 18.6. The second kappa shape index (κ2) is 7.61. The van der Waals surface area contributed by atoms with Crippen molar-refractivity contribution in [2.24, 2.45) is 7.05 Å². The molecule has 2 aromatic rings. The smallest absolute Gasteiger partial charge is 0.335 e. The van der Waals surface area contributed by atoms with Gasteiger partial charge in [0.1, 0.15) is 0 Å². The number of nitrogens with one attached hydrogen (secondary N) is 1. The maximum atomic E-state index is 12.6. The number of likely N-dealkylation sites (tertiary alicyclic amines) is 1. The van der Waals surface area contributed by atoms with Gasteiger partial charge in [0.2, 0.25) is 5.91 Å². The lowest BCUT2D eigenvalue weighted by Crippen LogP contribution is -2.42. The number of hydrogen-bond acceptors (Lipinski definition) is 4. The van der Waals surface area contributed by atoms with E-state index >= 15 is 0 Å². The van der Waals surface area contributed by atoms with Gasteiger partial charge in [-0.05, 0) is 30.5 Å². The SMILES string of the molecule is Cn1c(=O)[nH]cc(CC(=O)N2CCCC(c3ccc(C(=O)O)cc3)C2)c1=O. The predicted molar refractivity (Wildman–Crippen MR) is 98.0 cm³/mol. The van der Waals surface area contributed by atoms with Gasteiger partial charge in [-0.3, -0.25) is 14.2 Å². The van der Waals surface area contributed by atoms with E-state index < -0.39 is 17.2 Å². The normalized spacial score (nSPS) is 16.9. The minimum atomic E-state index is -0.968. The minimum Gasteiger partial charge on any atom is -0.478 e. The van der Waals surface area contributed by atoms with E-state index in [1.165, 1.54) is 13.2 Å². The molecular formula is C19H21N3O5. The number of aromatic carboxylic acids is 1. The van der Waals surface area contributed by atoms with Gasteiger partial charge in [0.25, 0.3) is 5.56 Å². The highest BCUT2D eigenvalue weighted by molar-refractivity contribution is 5.87. The van der Waals surface area contributed by atoms with Gasteiger partial charge in [-0.15, -0.1) is 0 Å². The Kier molecular flexibility index (Phi) is 5.25. The van der Waals surface area contributed by atoms with Crippen LogP contribution in [0, 0.1) is 0 Å². The number of rotatable bonds is 4.